The standard InChI is InChI=1S/C16H19N5O/c17-15-13-9-11-3-1-2-4-12(11)10-14(13)16(21-20-15)19-6-5-18-7-8-22/h1-4,9-10,18,22H,5-8H2,(H2,17,20)(H,19,21). The summed E-state index contributed by atoms with van der Waals surface area (Å²) in [6.45, 7) is 2.15. The number of nitrogens with zero attached hydrogens (tertiary/aromatic N) is 2. The fourth-order valence-corrected chi connectivity index (χ4v) is 2.46. The fraction of sp³-hybridized carbons (Fsp3) is 0.250. The molecule has 5 N–H and O–H groups in total. The Kier molecular flexibility index (Phi) is 4.32. The van der Waals surface area contributed by atoms with Crippen molar-refractivity contribution in [1.29, 1.82) is 0 Å². The van der Waals surface area contributed by atoms with E-state index in [9.17, 15) is 0 Å². The lowest BCUT2D eigenvalue weighted by atomic mass is 10.0. The second-order valence-electron chi connectivity index (χ2n) is 5.08. The molecule has 114 valence electrons. The van der Waals surface area contributed by atoms with Gasteiger partial charge in [0.2, 0.25) is 0 Å². The zero-order valence-corrected chi connectivity index (χ0v) is 12.2. The van der Waals surface area contributed by atoms with Gasteiger partial charge < -0.3 is 21.5 Å². The summed E-state index contributed by atoms with van der Waals surface area (Å²) < 4.78 is 0. The van der Waals surface area contributed by atoms with Gasteiger partial charge in [0.25, 0.3) is 0 Å². The van der Waals surface area contributed by atoms with Crippen molar-refractivity contribution in [3.8, 4) is 0 Å². The number of hydrogen-bond donors (Lipinski definition) is 4. The Morgan fingerprint density at radius 2 is 1.68 bits per heavy atom. The van der Waals surface area contributed by atoms with Gasteiger partial charge in [-0.2, -0.15) is 0 Å². The smallest absolute Gasteiger partial charge is 0.156 e. The van der Waals surface area contributed by atoms with Crippen molar-refractivity contribution in [2.24, 2.45) is 0 Å². The van der Waals surface area contributed by atoms with Crippen LogP contribution >= 0.6 is 0 Å². The number of nitrogen functional groups attached to an aromatic ring is 1. The summed E-state index contributed by atoms with van der Waals surface area (Å²) in [6.07, 6.45) is 0. The van der Waals surface area contributed by atoms with E-state index in [4.69, 9.17) is 10.8 Å². The average molecular weight is 297 g/mol. The number of hydrogen-bond acceptors (Lipinski definition) is 6. The van der Waals surface area contributed by atoms with Crippen LogP contribution in [-0.4, -0.2) is 41.5 Å². The topological polar surface area (TPSA) is 96.1 Å². The average Bonchev–Trinajstić information content (AvgIpc) is 2.55. The van der Waals surface area contributed by atoms with E-state index in [2.05, 4.69) is 39.0 Å². The Balaban J connectivity index is 1.93. The summed E-state index contributed by atoms with van der Waals surface area (Å²) in [5.74, 6) is 1.16. The van der Waals surface area contributed by atoms with Crippen molar-refractivity contribution >= 4 is 33.2 Å². The maximum atomic E-state index is 8.74. The molecule has 0 atom stereocenters. The number of benzene rings is 2. The third-order valence-corrected chi connectivity index (χ3v) is 3.56. The lowest BCUT2D eigenvalue weighted by Gasteiger charge is -2.11. The molecule has 0 aliphatic rings. The van der Waals surface area contributed by atoms with Crippen LogP contribution in [0.4, 0.5) is 11.6 Å². The maximum absolute atomic E-state index is 8.74. The molecule has 6 heteroatoms. The van der Waals surface area contributed by atoms with Gasteiger partial charge in [0.05, 0.1) is 6.61 Å². The van der Waals surface area contributed by atoms with Gasteiger partial charge in [0, 0.05) is 30.4 Å². The van der Waals surface area contributed by atoms with E-state index in [0.717, 1.165) is 33.9 Å². The molecular weight excluding hydrogens is 278 g/mol. The third kappa shape index (κ3) is 2.93. The van der Waals surface area contributed by atoms with Crippen LogP contribution in [0, 0.1) is 0 Å². The Labute approximate surface area is 128 Å². The summed E-state index contributed by atoms with van der Waals surface area (Å²) in [6, 6.07) is 12.3. The first-order valence-corrected chi connectivity index (χ1v) is 7.29. The van der Waals surface area contributed by atoms with Gasteiger partial charge in [0.15, 0.2) is 11.6 Å². The number of nitrogens with two attached hydrogens (primary N) is 1. The quantitative estimate of drug-likeness (QED) is 0.405. The molecular formula is C16H19N5O. The largest absolute Gasteiger partial charge is 0.395 e. The minimum Gasteiger partial charge on any atom is -0.395 e. The second-order valence-corrected chi connectivity index (χ2v) is 5.08. The van der Waals surface area contributed by atoms with Gasteiger partial charge in [-0.1, -0.05) is 24.3 Å². The van der Waals surface area contributed by atoms with Crippen LogP contribution in [0.2, 0.25) is 0 Å². The molecule has 3 aromatic rings. The molecule has 1 aromatic heterocycles. The monoisotopic (exact) mass is 297 g/mol. The van der Waals surface area contributed by atoms with Crippen LogP contribution in [0.5, 0.6) is 0 Å². The van der Waals surface area contributed by atoms with Crippen LogP contribution in [0.1, 0.15) is 0 Å². The highest BCUT2D eigenvalue weighted by molar-refractivity contribution is 6.06. The van der Waals surface area contributed by atoms with Crippen LogP contribution < -0.4 is 16.4 Å². The van der Waals surface area contributed by atoms with E-state index in [1.54, 1.807) is 0 Å². The summed E-state index contributed by atoms with van der Waals surface area (Å²) in [5.41, 5.74) is 5.97. The van der Waals surface area contributed by atoms with Gasteiger partial charge in [-0.3, -0.25) is 0 Å². The van der Waals surface area contributed by atoms with Crippen LogP contribution in [0.3, 0.4) is 0 Å². The highest BCUT2D eigenvalue weighted by Gasteiger charge is 2.08. The minimum absolute atomic E-state index is 0.136. The lowest BCUT2D eigenvalue weighted by Crippen LogP contribution is -2.25. The molecule has 0 fully saturated rings. The summed E-state index contributed by atoms with van der Waals surface area (Å²) in [4.78, 5) is 0. The van der Waals surface area contributed by atoms with Crippen molar-refractivity contribution in [3.05, 3.63) is 36.4 Å². The molecule has 22 heavy (non-hydrogen) atoms. The minimum atomic E-state index is 0.136. The molecule has 0 radical (unpaired) electrons. The number of aliphatic hydroxyl groups excluding tert-OH is 1. The molecule has 0 unspecified atom stereocenters. The van der Waals surface area contributed by atoms with E-state index in [0.29, 0.717) is 18.9 Å². The first-order chi connectivity index (χ1) is 10.8. The second kappa shape index (κ2) is 6.55. The Bertz CT molecular complexity index is 790. The van der Waals surface area contributed by atoms with E-state index >= 15 is 0 Å². The zero-order chi connectivity index (χ0) is 15.4. The Morgan fingerprint density at radius 3 is 2.41 bits per heavy atom. The fourth-order valence-electron chi connectivity index (χ4n) is 2.46. The van der Waals surface area contributed by atoms with E-state index in [-0.39, 0.29) is 6.61 Å². The predicted octanol–water partition coefficient (Wildman–Crippen LogP) is 1.36. The normalized spacial score (nSPS) is 11.1. The van der Waals surface area contributed by atoms with Crippen molar-refractivity contribution in [1.82, 2.24) is 15.5 Å². The van der Waals surface area contributed by atoms with Gasteiger partial charge in [-0.05, 0) is 22.9 Å². The molecule has 0 saturated carbocycles. The van der Waals surface area contributed by atoms with Crippen LogP contribution in [0.25, 0.3) is 21.5 Å². The van der Waals surface area contributed by atoms with Crippen LogP contribution in [0.15, 0.2) is 36.4 Å². The summed E-state index contributed by atoms with van der Waals surface area (Å²) in [5, 5.41) is 27.5. The first-order valence-electron chi connectivity index (χ1n) is 7.29. The molecule has 2 aromatic carbocycles. The molecule has 0 saturated heterocycles. The molecule has 0 aliphatic heterocycles. The van der Waals surface area contributed by atoms with Crippen molar-refractivity contribution in [3.63, 3.8) is 0 Å². The van der Waals surface area contributed by atoms with E-state index < -0.39 is 0 Å². The summed E-state index contributed by atoms with van der Waals surface area (Å²) >= 11 is 0. The number of anilines is 2. The molecule has 3 rings (SSSR count). The summed E-state index contributed by atoms with van der Waals surface area (Å²) in [7, 11) is 0. The van der Waals surface area contributed by atoms with Gasteiger partial charge in [-0.15, -0.1) is 10.2 Å². The number of fused-ring (bicyclic) bond motifs is 2. The van der Waals surface area contributed by atoms with E-state index in [1.165, 1.54) is 0 Å². The molecule has 0 amide bonds. The van der Waals surface area contributed by atoms with Crippen molar-refractivity contribution in [2.75, 3.05) is 37.3 Å². The maximum Gasteiger partial charge on any atom is 0.156 e. The van der Waals surface area contributed by atoms with Crippen molar-refractivity contribution in [2.45, 2.75) is 0 Å². The number of aliphatic hydroxyl groups is 1. The van der Waals surface area contributed by atoms with Gasteiger partial charge in [0.1, 0.15) is 0 Å². The zero-order valence-electron chi connectivity index (χ0n) is 12.2. The van der Waals surface area contributed by atoms with Crippen LogP contribution in [-0.2, 0) is 0 Å². The highest BCUT2D eigenvalue weighted by atomic mass is 16.3. The van der Waals surface area contributed by atoms with Crippen molar-refractivity contribution < 1.29 is 5.11 Å². The number of aromatic nitrogens is 2. The SMILES string of the molecule is Nc1nnc(NCCNCCO)c2cc3ccccc3cc12. The number of rotatable bonds is 6. The lowest BCUT2D eigenvalue weighted by molar-refractivity contribution is 0.293. The van der Waals surface area contributed by atoms with Gasteiger partial charge in [-0.25, -0.2) is 0 Å². The third-order valence-electron chi connectivity index (χ3n) is 3.56. The molecule has 0 bridgehead atoms. The molecule has 0 aliphatic carbocycles. The Morgan fingerprint density at radius 1 is 0.955 bits per heavy atom. The molecule has 1 heterocycles. The highest BCUT2D eigenvalue weighted by Crippen LogP contribution is 2.29. The van der Waals surface area contributed by atoms with E-state index in [1.807, 2.05) is 18.2 Å². The Hall–Kier alpha value is -2.44. The predicted molar refractivity (Wildman–Crippen MR) is 89.9 cm³/mol. The first kappa shape index (κ1) is 14.5. The van der Waals surface area contributed by atoms with Gasteiger partial charge >= 0.3 is 0 Å². The molecule has 6 nitrogen and oxygen atoms in total. The number of nitrogens with one attached hydrogen (secondary N) is 2. The molecule has 0 spiro atoms.